The lowest BCUT2D eigenvalue weighted by Crippen LogP contribution is -2.29. The van der Waals surface area contributed by atoms with Crippen LogP contribution >= 0.6 is 7.82 Å². The molecular weight excluding hydrogens is 701 g/mol. The van der Waals surface area contributed by atoms with E-state index >= 15 is 0 Å². The fraction of sp³-hybridized carbons (Fsp3) is 0.864. The molecule has 0 aliphatic carbocycles. The number of phosphoric ester groups is 1. The Morgan fingerprint density at radius 1 is 0.556 bits per heavy atom. The second kappa shape index (κ2) is 41.1. The molecule has 318 valence electrons. The zero-order chi connectivity index (χ0) is 39.6. The fourth-order valence-electron chi connectivity index (χ4n) is 6.25. The highest BCUT2D eigenvalue weighted by atomic mass is 31.2. The van der Waals surface area contributed by atoms with E-state index in [9.17, 15) is 19.0 Å². The van der Waals surface area contributed by atoms with Crippen molar-refractivity contribution in [3.05, 3.63) is 24.3 Å². The lowest BCUT2D eigenvalue weighted by Gasteiger charge is -2.19. The van der Waals surface area contributed by atoms with Gasteiger partial charge in [-0.15, -0.1) is 0 Å². The number of unbranched alkanes of at least 4 members (excludes halogenated alkanes) is 25. The van der Waals surface area contributed by atoms with Gasteiger partial charge in [0.2, 0.25) is 0 Å². The van der Waals surface area contributed by atoms with E-state index in [1.807, 2.05) is 0 Å². The van der Waals surface area contributed by atoms with Gasteiger partial charge in [0.1, 0.15) is 6.61 Å². The van der Waals surface area contributed by atoms with E-state index in [-0.39, 0.29) is 38.6 Å². The maximum atomic E-state index is 12.6. The molecule has 0 bridgehead atoms. The fourth-order valence-corrected chi connectivity index (χ4v) is 7.02. The van der Waals surface area contributed by atoms with Crippen LogP contribution in [0.1, 0.15) is 213 Å². The van der Waals surface area contributed by atoms with E-state index in [2.05, 4.69) is 38.2 Å². The molecule has 0 heterocycles. The quantitative estimate of drug-likeness (QED) is 0.0268. The Hall–Kier alpha value is -1.51. The minimum absolute atomic E-state index is 0.0525. The Balaban J connectivity index is 4.12. The molecular formula is C44H84NO8P. The van der Waals surface area contributed by atoms with Crippen LogP contribution in [-0.4, -0.2) is 49.3 Å². The first-order chi connectivity index (χ1) is 26.3. The Kier molecular flexibility index (Phi) is 40.0. The van der Waals surface area contributed by atoms with Crippen LogP contribution in [0.5, 0.6) is 0 Å². The van der Waals surface area contributed by atoms with Crippen LogP contribution in [0.25, 0.3) is 0 Å². The smallest absolute Gasteiger partial charge is 0.462 e. The van der Waals surface area contributed by atoms with Gasteiger partial charge in [0.15, 0.2) is 6.10 Å². The summed E-state index contributed by atoms with van der Waals surface area (Å²) in [6.07, 6.45) is 43.5. The molecule has 0 spiro atoms. The molecule has 2 atom stereocenters. The molecule has 0 fully saturated rings. The molecule has 1 unspecified atom stereocenters. The lowest BCUT2D eigenvalue weighted by molar-refractivity contribution is -0.161. The number of phosphoric acid groups is 1. The highest BCUT2D eigenvalue weighted by molar-refractivity contribution is 7.47. The van der Waals surface area contributed by atoms with E-state index in [1.165, 1.54) is 122 Å². The van der Waals surface area contributed by atoms with Crippen molar-refractivity contribution in [2.45, 2.75) is 219 Å². The zero-order valence-corrected chi connectivity index (χ0v) is 35.9. The second-order valence-corrected chi connectivity index (χ2v) is 16.4. The van der Waals surface area contributed by atoms with E-state index < -0.39 is 26.5 Å². The normalized spacial score (nSPS) is 13.5. The Morgan fingerprint density at radius 3 is 1.44 bits per heavy atom. The molecule has 0 rings (SSSR count). The van der Waals surface area contributed by atoms with Crippen molar-refractivity contribution < 1.29 is 37.6 Å². The molecule has 54 heavy (non-hydrogen) atoms. The molecule has 0 aromatic rings. The van der Waals surface area contributed by atoms with Gasteiger partial charge in [-0.25, -0.2) is 4.57 Å². The van der Waals surface area contributed by atoms with E-state index in [4.69, 9.17) is 24.3 Å². The number of hydrogen-bond donors (Lipinski definition) is 2. The summed E-state index contributed by atoms with van der Waals surface area (Å²) in [5, 5.41) is 0. The molecule has 9 nitrogen and oxygen atoms in total. The number of ether oxygens (including phenoxy) is 2. The minimum atomic E-state index is -4.38. The van der Waals surface area contributed by atoms with Gasteiger partial charge in [0.05, 0.1) is 13.2 Å². The summed E-state index contributed by atoms with van der Waals surface area (Å²) in [6.45, 7) is 3.71. The minimum Gasteiger partial charge on any atom is -0.462 e. The monoisotopic (exact) mass is 786 g/mol. The molecule has 0 aromatic heterocycles. The zero-order valence-electron chi connectivity index (χ0n) is 35.0. The van der Waals surface area contributed by atoms with E-state index in [0.29, 0.717) is 6.42 Å². The van der Waals surface area contributed by atoms with Crippen molar-refractivity contribution in [1.29, 1.82) is 0 Å². The van der Waals surface area contributed by atoms with Crippen LogP contribution in [0.2, 0.25) is 0 Å². The van der Waals surface area contributed by atoms with Crippen LogP contribution in [-0.2, 0) is 32.7 Å². The first-order valence-corrected chi connectivity index (χ1v) is 23.8. The third-order valence-corrected chi connectivity index (χ3v) is 10.6. The van der Waals surface area contributed by atoms with Crippen molar-refractivity contribution in [2.75, 3.05) is 26.4 Å². The number of nitrogens with two attached hydrogens (primary N) is 1. The molecule has 0 aromatic carbocycles. The maximum Gasteiger partial charge on any atom is 0.472 e. The van der Waals surface area contributed by atoms with Gasteiger partial charge in [0, 0.05) is 19.4 Å². The van der Waals surface area contributed by atoms with Crippen molar-refractivity contribution >= 4 is 19.8 Å². The van der Waals surface area contributed by atoms with E-state index in [0.717, 1.165) is 57.8 Å². The van der Waals surface area contributed by atoms with Gasteiger partial charge < -0.3 is 20.1 Å². The summed E-state index contributed by atoms with van der Waals surface area (Å²) in [4.78, 5) is 34.9. The number of hydrogen-bond acceptors (Lipinski definition) is 8. The summed E-state index contributed by atoms with van der Waals surface area (Å²) >= 11 is 0. The third-order valence-electron chi connectivity index (χ3n) is 9.59. The molecule has 0 saturated carbocycles. The molecule has 0 saturated heterocycles. The Labute approximate surface area is 332 Å². The molecule has 10 heteroatoms. The molecule has 3 N–H and O–H groups in total. The number of esters is 2. The largest absolute Gasteiger partial charge is 0.472 e. The number of carbonyl (C=O) groups excluding carboxylic acids is 2. The highest BCUT2D eigenvalue weighted by Crippen LogP contribution is 2.43. The predicted octanol–water partition coefficient (Wildman–Crippen LogP) is 12.8. The summed E-state index contributed by atoms with van der Waals surface area (Å²) < 4.78 is 32.8. The summed E-state index contributed by atoms with van der Waals surface area (Å²) in [5.74, 6) is -0.836. The first kappa shape index (κ1) is 52.5. The van der Waals surface area contributed by atoms with E-state index in [1.54, 1.807) is 0 Å². The van der Waals surface area contributed by atoms with Crippen LogP contribution < -0.4 is 5.73 Å². The average molecular weight is 786 g/mol. The standard InChI is InChI=1S/C44H84NO8P/c1-3-5-7-9-11-13-15-17-19-20-21-23-24-26-28-30-32-34-36-43(46)50-40-42(41-52-54(48,49)51-39-38-45)53-44(47)37-35-33-31-29-27-25-22-18-16-14-12-10-8-6-4-2/h12,14,18,22,42H,3-11,13,15-17,19-21,23-41,45H2,1-2H3,(H,48,49)/b14-12-,22-18-/t42-/m1/s1. The highest BCUT2D eigenvalue weighted by Gasteiger charge is 2.26. The Morgan fingerprint density at radius 2 is 0.963 bits per heavy atom. The van der Waals surface area contributed by atoms with Gasteiger partial charge in [-0.2, -0.15) is 0 Å². The summed E-state index contributed by atoms with van der Waals surface area (Å²) in [6, 6.07) is 0. The SMILES string of the molecule is CCCCC/C=C\C/C=C\CCCCCCCC(=O)O[C@H](COC(=O)CCCCCCCCCCCCCCCCCCCC)COP(=O)(O)OCCN. The maximum absolute atomic E-state index is 12.6. The van der Waals surface area contributed by atoms with Crippen molar-refractivity contribution in [3.63, 3.8) is 0 Å². The lowest BCUT2D eigenvalue weighted by atomic mass is 10.0. The van der Waals surface area contributed by atoms with Gasteiger partial charge in [0.25, 0.3) is 0 Å². The molecule has 0 amide bonds. The van der Waals surface area contributed by atoms with Crippen LogP contribution in [0.3, 0.4) is 0 Å². The van der Waals surface area contributed by atoms with Gasteiger partial charge in [-0.05, 0) is 44.9 Å². The second-order valence-electron chi connectivity index (χ2n) is 14.9. The number of rotatable bonds is 42. The number of carbonyl (C=O) groups is 2. The first-order valence-electron chi connectivity index (χ1n) is 22.3. The average Bonchev–Trinajstić information content (AvgIpc) is 3.16. The summed E-state index contributed by atoms with van der Waals surface area (Å²) in [5.41, 5.74) is 5.35. The predicted molar refractivity (Wildman–Crippen MR) is 224 cm³/mol. The van der Waals surface area contributed by atoms with Crippen LogP contribution in [0.4, 0.5) is 0 Å². The van der Waals surface area contributed by atoms with Crippen LogP contribution in [0, 0.1) is 0 Å². The van der Waals surface area contributed by atoms with Gasteiger partial charge in [-0.1, -0.05) is 179 Å². The Bertz CT molecular complexity index is 944. The van der Waals surface area contributed by atoms with Gasteiger partial charge >= 0.3 is 19.8 Å². The molecule has 0 aliphatic rings. The number of allylic oxidation sites excluding steroid dienone is 4. The van der Waals surface area contributed by atoms with Crippen molar-refractivity contribution in [3.8, 4) is 0 Å². The summed E-state index contributed by atoms with van der Waals surface area (Å²) in [7, 11) is -4.38. The molecule has 0 aliphatic heterocycles. The van der Waals surface area contributed by atoms with Gasteiger partial charge in [-0.3, -0.25) is 18.6 Å². The van der Waals surface area contributed by atoms with Crippen molar-refractivity contribution in [2.24, 2.45) is 5.73 Å². The van der Waals surface area contributed by atoms with Crippen molar-refractivity contribution in [1.82, 2.24) is 0 Å². The third kappa shape index (κ3) is 40.2. The topological polar surface area (TPSA) is 134 Å². The molecule has 0 radical (unpaired) electrons. The van der Waals surface area contributed by atoms with Crippen LogP contribution in [0.15, 0.2) is 24.3 Å².